The molecule has 17 atom stereocenters. The molecular formula is C56H86N6O17. The van der Waals surface area contributed by atoms with E-state index in [9.17, 15) is 44.6 Å². The van der Waals surface area contributed by atoms with E-state index in [0.29, 0.717) is 24.3 Å². The number of nitrogens with zero attached hydrogens (tertiary/aromatic N) is 3. The molecule has 3 fully saturated rings. The summed E-state index contributed by atoms with van der Waals surface area (Å²) >= 11 is 0. The van der Waals surface area contributed by atoms with Gasteiger partial charge in [0.25, 0.3) is 11.6 Å². The predicted molar refractivity (Wildman–Crippen MR) is 290 cm³/mol. The van der Waals surface area contributed by atoms with Crippen LogP contribution in [0, 0.1) is 33.3 Å². The fraction of sp³-hybridized carbons (Fsp3) is 0.679. The molecule has 0 saturated carbocycles. The summed E-state index contributed by atoms with van der Waals surface area (Å²) in [4.78, 5) is 68.4. The van der Waals surface area contributed by atoms with Crippen molar-refractivity contribution in [1.29, 1.82) is 0 Å². The third-order valence-electron chi connectivity index (χ3n) is 15.4. The number of esters is 1. The summed E-state index contributed by atoms with van der Waals surface area (Å²) < 4.78 is 49.8. The number of hydrazine groups is 1. The molecule has 3 heterocycles. The Balaban J connectivity index is 1.43. The van der Waals surface area contributed by atoms with Gasteiger partial charge in [-0.05, 0) is 122 Å². The number of carbonyl (C=O) groups excluding carboxylic acids is 4. The van der Waals surface area contributed by atoms with E-state index in [2.05, 4.69) is 16.2 Å². The second-order valence-electron chi connectivity index (χ2n) is 22.8. The number of ether oxygens (including phenoxy) is 8. The van der Waals surface area contributed by atoms with E-state index < -0.39 is 119 Å². The second-order valence-corrected chi connectivity index (χ2v) is 22.8. The lowest BCUT2D eigenvalue weighted by Gasteiger charge is -2.49. The van der Waals surface area contributed by atoms with Crippen LogP contribution in [0.4, 0.5) is 15.3 Å². The zero-order chi connectivity index (χ0) is 58.7. The summed E-state index contributed by atoms with van der Waals surface area (Å²) in [6.45, 7) is 18.2. The number of aliphatic hydroxyl groups excluding tert-OH is 2. The maximum absolute atomic E-state index is 14.8. The van der Waals surface area contributed by atoms with Crippen molar-refractivity contribution in [3.63, 3.8) is 0 Å². The number of hydrogen-bond donors (Lipinski definition) is 6. The Morgan fingerprint density at radius 1 is 0.886 bits per heavy atom. The fourth-order valence-electron chi connectivity index (χ4n) is 11.1. The van der Waals surface area contributed by atoms with Gasteiger partial charge in [-0.1, -0.05) is 46.8 Å². The average Bonchev–Trinajstić information content (AvgIpc) is 3.42. The first-order valence-electron chi connectivity index (χ1n) is 27.1. The summed E-state index contributed by atoms with van der Waals surface area (Å²) in [5.41, 5.74) is 3.10. The van der Waals surface area contributed by atoms with E-state index in [1.165, 1.54) is 30.3 Å². The first-order chi connectivity index (χ1) is 37.0. The molecule has 3 aliphatic rings. The number of non-ortho nitro benzene ring substituents is 1. The van der Waals surface area contributed by atoms with Gasteiger partial charge in [-0.3, -0.25) is 30.0 Å². The van der Waals surface area contributed by atoms with Crippen molar-refractivity contribution in [1.82, 2.24) is 26.0 Å². The summed E-state index contributed by atoms with van der Waals surface area (Å²) in [6, 6.07) is 11.7. The number of rotatable bonds is 14. The number of cyclic esters (lactones) is 1. The van der Waals surface area contributed by atoms with Crippen LogP contribution in [-0.4, -0.2) is 174 Å². The van der Waals surface area contributed by atoms with Gasteiger partial charge in [-0.15, -0.1) is 0 Å². The molecule has 0 radical (unpaired) electrons. The molecule has 0 bridgehead atoms. The van der Waals surface area contributed by atoms with Crippen LogP contribution in [0.2, 0.25) is 0 Å². The number of alkyl carbamates (subject to hydrolysis) is 1. The first-order valence-corrected chi connectivity index (χ1v) is 27.1. The third-order valence-corrected chi connectivity index (χ3v) is 15.4. The number of benzene rings is 2. The molecule has 23 heteroatoms. The summed E-state index contributed by atoms with van der Waals surface area (Å²) in [5.74, 6) is -3.15. The first kappa shape index (κ1) is 64.3. The fourth-order valence-corrected chi connectivity index (χ4v) is 11.1. The van der Waals surface area contributed by atoms with Crippen LogP contribution < -0.4 is 20.9 Å². The van der Waals surface area contributed by atoms with Crippen LogP contribution in [0.1, 0.15) is 106 Å². The molecule has 23 nitrogen and oxygen atoms in total. The van der Waals surface area contributed by atoms with Crippen molar-refractivity contribution in [3.8, 4) is 5.75 Å². The minimum atomic E-state index is -1.70. The minimum absolute atomic E-state index is 0.107. The van der Waals surface area contributed by atoms with Gasteiger partial charge in [0.1, 0.15) is 36.3 Å². The Bertz CT molecular complexity index is 2360. The van der Waals surface area contributed by atoms with E-state index in [0.717, 1.165) is 11.6 Å². The molecule has 6 N–H and O–H groups in total. The van der Waals surface area contributed by atoms with Crippen molar-refractivity contribution >= 4 is 35.8 Å². The Labute approximate surface area is 464 Å². The molecule has 2 aromatic carbocycles. The average molecular weight is 1120 g/mol. The summed E-state index contributed by atoms with van der Waals surface area (Å²) in [5, 5.41) is 50.7. The number of nitrogens with one attached hydrogen (secondary N) is 3. The van der Waals surface area contributed by atoms with Gasteiger partial charge in [-0.2, -0.15) is 0 Å². The summed E-state index contributed by atoms with van der Waals surface area (Å²) in [6.07, 6.45) is -10.1. The number of likely N-dealkylation sites (N-methyl/N-ethyl adjacent to an activating group) is 2. The molecule has 2 aromatic rings. The summed E-state index contributed by atoms with van der Waals surface area (Å²) in [7, 11) is 7.08. The van der Waals surface area contributed by atoms with Gasteiger partial charge in [0.05, 0.1) is 48.0 Å². The van der Waals surface area contributed by atoms with Gasteiger partial charge >= 0.3 is 18.2 Å². The molecule has 5 rings (SSSR count). The topological polar surface area (TPSA) is 289 Å². The Kier molecular flexibility index (Phi) is 23.0. The number of carbonyl (C=O) groups is 4. The quantitative estimate of drug-likeness (QED) is 0.0450. The van der Waals surface area contributed by atoms with Gasteiger partial charge in [0, 0.05) is 61.1 Å². The minimum Gasteiger partial charge on any atom is -0.497 e. The predicted octanol–water partition coefficient (Wildman–Crippen LogP) is 5.46. The van der Waals surface area contributed by atoms with Crippen molar-refractivity contribution in [2.45, 2.75) is 187 Å². The van der Waals surface area contributed by atoms with Crippen molar-refractivity contribution < 1.29 is 77.3 Å². The molecule has 442 valence electrons. The smallest absolute Gasteiger partial charge is 0.426 e. The number of aliphatic hydroxyl groups is 3. The molecule has 3 amide bonds. The molecule has 0 aliphatic carbocycles. The molecule has 0 aromatic heterocycles. The van der Waals surface area contributed by atoms with Gasteiger partial charge in [-0.25, -0.2) is 15.0 Å². The number of nitro groups is 1. The van der Waals surface area contributed by atoms with E-state index >= 15 is 0 Å². The lowest BCUT2D eigenvalue weighted by Crippen LogP contribution is -2.60. The van der Waals surface area contributed by atoms with Crippen molar-refractivity contribution in [3.05, 3.63) is 75.8 Å². The van der Waals surface area contributed by atoms with Crippen LogP contribution in [0.25, 0.3) is 6.08 Å². The van der Waals surface area contributed by atoms with Crippen LogP contribution in [0.5, 0.6) is 5.75 Å². The third kappa shape index (κ3) is 17.5. The molecular weight excluding hydrogens is 1030 g/mol. The van der Waals surface area contributed by atoms with Gasteiger partial charge < -0.3 is 63.4 Å². The second kappa shape index (κ2) is 28.3. The Morgan fingerprint density at radius 2 is 1.54 bits per heavy atom. The zero-order valence-corrected chi connectivity index (χ0v) is 48.2. The molecule has 79 heavy (non-hydrogen) atoms. The lowest BCUT2D eigenvalue weighted by atomic mass is 9.77. The van der Waals surface area contributed by atoms with E-state index in [1.54, 1.807) is 72.9 Å². The van der Waals surface area contributed by atoms with E-state index in [-0.39, 0.29) is 49.6 Å². The molecule has 1 unspecified atom stereocenters. The van der Waals surface area contributed by atoms with E-state index in [1.807, 2.05) is 58.6 Å². The molecule has 3 saturated heterocycles. The normalized spacial score (nSPS) is 34.1. The highest BCUT2D eigenvalue weighted by molar-refractivity contribution is 5.92. The Morgan fingerprint density at radius 3 is 2.14 bits per heavy atom. The van der Waals surface area contributed by atoms with Crippen molar-refractivity contribution in [2.24, 2.45) is 23.2 Å². The SMILES string of the molecule is CC[C@H]1OC(=O)[C@H](C)[C@@H](OC2CC(C)(C)[C@@H](OC(=O)NNC(=O)/C=C/c3ccc([N+](=O)[O-])cc3)[C@H](C)O2)[C@H](C)[C@@H](O[C@@H]2O[C@H](C)C[C@H](N(C)C)[C@H]2O)[C@@](C)(O)C[C@@H](C)CN(C)[C@H](C)[C@@H](OC(=O)NCc2ccc(OC)cc2)[C@H]1O. The highest BCUT2D eigenvalue weighted by Crippen LogP contribution is 2.42. The number of hydrogen-bond acceptors (Lipinski definition) is 19. The van der Waals surface area contributed by atoms with Crippen LogP contribution >= 0.6 is 0 Å². The highest BCUT2D eigenvalue weighted by Gasteiger charge is 2.52. The van der Waals surface area contributed by atoms with Gasteiger partial charge in [0.2, 0.25) is 0 Å². The van der Waals surface area contributed by atoms with Crippen LogP contribution in [-0.2, 0) is 49.3 Å². The maximum atomic E-state index is 14.8. The highest BCUT2D eigenvalue weighted by atomic mass is 16.7. The Hall–Kier alpha value is -5.50. The largest absolute Gasteiger partial charge is 0.497 e. The van der Waals surface area contributed by atoms with E-state index in [4.69, 9.17) is 37.9 Å². The number of nitro benzene ring substituents is 1. The zero-order valence-electron chi connectivity index (χ0n) is 48.2. The van der Waals surface area contributed by atoms with Crippen molar-refractivity contribution in [2.75, 3.05) is 34.8 Å². The van der Waals surface area contributed by atoms with Crippen LogP contribution in [0.3, 0.4) is 0 Å². The van der Waals surface area contributed by atoms with Crippen LogP contribution in [0.15, 0.2) is 54.6 Å². The molecule has 0 spiro atoms. The standard InChI is InChI=1S/C56H86N6O17/c1-15-42-46(65)48(77-53(67)57-29-38-18-23-40(72-14)24-19-38)35(6)61(13)30-31(2)27-56(10,69)49(78-52-45(64)41(60(11)12)26-32(3)73-52)33(4)47(34(5)51(66)75-42)76-44-28-55(8,9)50(36(7)74-44)79-54(68)59-58-43(63)25-20-37-16-21-39(22-17-37)62(70)71/h16-25,31-36,41-42,44-50,52,64-65,69H,15,26-30H2,1-14H3,(H,57,67)(H,58,63)(H,59,68)/b25-20+/t31-,32-,33+,34-,35-,36+,41+,42-,44?,45-,46+,47+,48-,49-,50+,52+,56+/m1/s1. The maximum Gasteiger partial charge on any atom is 0.426 e. The molecule has 3 aliphatic heterocycles. The monoisotopic (exact) mass is 1110 g/mol. The number of amides is 3. The lowest BCUT2D eigenvalue weighted by molar-refractivity contribution is -0.384. The van der Waals surface area contributed by atoms with Gasteiger partial charge in [0.15, 0.2) is 12.6 Å². The number of methoxy groups -OCH3 is 1.